The molecule has 8 heteroatoms. The number of benzene rings is 2. The molecule has 0 radical (unpaired) electrons. The number of anilines is 1. The highest BCUT2D eigenvalue weighted by Gasteiger charge is 2.30. The van der Waals surface area contributed by atoms with Crippen LogP contribution in [0, 0.1) is 6.92 Å². The number of carbonyl (C=O) groups excluding carboxylic acids is 2. The molecule has 0 aliphatic carbocycles. The van der Waals surface area contributed by atoms with Gasteiger partial charge in [0.25, 0.3) is 5.91 Å². The van der Waals surface area contributed by atoms with Crippen LogP contribution in [0.2, 0.25) is 0 Å². The van der Waals surface area contributed by atoms with E-state index in [2.05, 4.69) is 53.3 Å². The lowest BCUT2D eigenvalue weighted by atomic mass is 10.1. The molecule has 4 rings (SSSR count). The molecular formula is C22H20N4O2S2. The van der Waals surface area contributed by atoms with Gasteiger partial charge in [0.1, 0.15) is 0 Å². The fourth-order valence-electron chi connectivity index (χ4n) is 3.11. The summed E-state index contributed by atoms with van der Waals surface area (Å²) in [6.45, 7) is 6.32. The summed E-state index contributed by atoms with van der Waals surface area (Å²) < 4.78 is 0.796. The van der Waals surface area contributed by atoms with E-state index < -0.39 is 0 Å². The van der Waals surface area contributed by atoms with Crippen molar-refractivity contribution in [2.45, 2.75) is 23.4 Å². The number of aromatic nitrogens is 2. The lowest BCUT2D eigenvalue weighted by Crippen LogP contribution is -2.27. The first kappa shape index (κ1) is 20.3. The van der Waals surface area contributed by atoms with Crippen molar-refractivity contribution < 1.29 is 9.59 Å². The fraction of sp³-hybridized carbons (Fsp3) is 0.182. The van der Waals surface area contributed by atoms with E-state index in [4.69, 9.17) is 0 Å². The normalized spacial score (nSPS) is 12.9. The van der Waals surface area contributed by atoms with Crippen LogP contribution in [0.15, 0.2) is 59.4 Å². The standard InChI is InChI=1S/C22H20N4O2S2/c1-14-7-9-16(10-8-14)13-29-22-25-24-21(30-22)23-19(27)11-12-26-15(2)17-5-3-4-6-18(17)20(26)28/h3-10H,2,11-13H2,1H3,(H,23,24,27). The first-order valence-corrected chi connectivity index (χ1v) is 11.2. The van der Waals surface area contributed by atoms with Gasteiger partial charge < -0.3 is 10.2 Å². The zero-order valence-electron chi connectivity index (χ0n) is 16.4. The smallest absolute Gasteiger partial charge is 0.258 e. The van der Waals surface area contributed by atoms with Crippen LogP contribution in [0.1, 0.15) is 33.5 Å². The third-order valence-electron chi connectivity index (χ3n) is 4.74. The number of aryl methyl sites for hydroxylation is 1. The predicted octanol–water partition coefficient (Wildman–Crippen LogP) is 4.59. The Bertz CT molecular complexity index is 1070. The molecule has 0 saturated heterocycles. The molecule has 1 N–H and O–H groups in total. The SMILES string of the molecule is C=C1c2ccccc2C(=O)N1CCC(=O)Nc1nnc(SCc2ccc(C)cc2)s1. The topological polar surface area (TPSA) is 75.2 Å². The maximum atomic E-state index is 12.5. The maximum Gasteiger partial charge on any atom is 0.258 e. The summed E-state index contributed by atoms with van der Waals surface area (Å²) in [5.74, 6) is 0.467. The molecule has 30 heavy (non-hydrogen) atoms. The lowest BCUT2D eigenvalue weighted by molar-refractivity contribution is -0.116. The van der Waals surface area contributed by atoms with Crippen LogP contribution in [0.25, 0.3) is 5.70 Å². The van der Waals surface area contributed by atoms with Crippen molar-refractivity contribution in [1.29, 1.82) is 0 Å². The van der Waals surface area contributed by atoms with Gasteiger partial charge in [-0.15, -0.1) is 10.2 Å². The van der Waals surface area contributed by atoms with Crippen molar-refractivity contribution in [2.24, 2.45) is 0 Å². The molecule has 0 bridgehead atoms. The zero-order chi connectivity index (χ0) is 21.1. The molecule has 0 unspecified atom stereocenters. The van der Waals surface area contributed by atoms with Crippen molar-refractivity contribution in [3.63, 3.8) is 0 Å². The second-order valence-electron chi connectivity index (χ2n) is 6.89. The Labute approximate surface area is 183 Å². The van der Waals surface area contributed by atoms with Crippen molar-refractivity contribution in [2.75, 3.05) is 11.9 Å². The number of nitrogens with one attached hydrogen (secondary N) is 1. The summed E-state index contributed by atoms with van der Waals surface area (Å²) in [5, 5.41) is 11.4. The number of amides is 2. The Morgan fingerprint density at radius 2 is 1.87 bits per heavy atom. The fourth-order valence-corrected chi connectivity index (χ4v) is 4.84. The first-order valence-electron chi connectivity index (χ1n) is 9.43. The van der Waals surface area contributed by atoms with Gasteiger partial charge in [-0.25, -0.2) is 0 Å². The number of fused-ring (bicyclic) bond motifs is 1. The molecule has 1 aliphatic heterocycles. The van der Waals surface area contributed by atoms with Crippen molar-refractivity contribution in [3.05, 3.63) is 77.4 Å². The molecule has 1 aromatic heterocycles. The summed E-state index contributed by atoms with van der Waals surface area (Å²) in [4.78, 5) is 26.4. The van der Waals surface area contributed by atoms with Gasteiger partial charge in [0.15, 0.2) is 4.34 Å². The number of nitrogens with zero attached hydrogens (tertiary/aromatic N) is 3. The average Bonchev–Trinajstić information content (AvgIpc) is 3.29. The minimum Gasteiger partial charge on any atom is -0.308 e. The monoisotopic (exact) mass is 436 g/mol. The molecule has 2 heterocycles. The van der Waals surface area contributed by atoms with E-state index in [1.54, 1.807) is 22.7 Å². The van der Waals surface area contributed by atoms with E-state index in [0.717, 1.165) is 15.7 Å². The Kier molecular flexibility index (Phi) is 5.96. The van der Waals surface area contributed by atoms with Crippen LogP contribution in [-0.4, -0.2) is 33.5 Å². The van der Waals surface area contributed by atoms with E-state index in [1.165, 1.54) is 22.5 Å². The summed E-state index contributed by atoms with van der Waals surface area (Å²) in [7, 11) is 0. The van der Waals surface area contributed by atoms with Crippen LogP contribution in [0.5, 0.6) is 0 Å². The molecular weight excluding hydrogens is 416 g/mol. The van der Waals surface area contributed by atoms with E-state index in [9.17, 15) is 9.59 Å². The molecule has 0 fully saturated rings. The molecule has 1 aliphatic rings. The van der Waals surface area contributed by atoms with Crippen molar-refractivity contribution in [3.8, 4) is 0 Å². The average molecular weight is 437 g/mol. The third kappa shape index (κ3) is 4.44. The number of rotatable bonds is 7. The minimum atomic E-state index is -0.210. The number of hydrogen-bond donors (Lipinski definition) is 1. The molecule has 0 saturated carbocycles. The number of thioether (sulfide) groups is 1. The van der Waals surface area contributed by atoms with Gasteiger partial charge in [-0.3, -0.25) is 9.59 Å². The Morgan fingerprint density at radius 1 is 1.13 bits per heavy atom. The molecule has 0 atom stereocenters. The number of carbonyl (C=O) groups is 2. The second-order valence-corrected chi connectivity index (χ2v) is 9.09. The highest BCUT2D eigenvalue weighted by Crippen LogP contribution is 2.31. The van der Waals surface area contributed by atoms with Crippen molar-refractivity contribution >= 4 is 45.7 Å². The van der Waals surface area contributed by atoms with Crippen LogP contribution < -0.4 is 5.32 Å². The Hall–Kier alpha value is -2.97. The quantitative estimate of drug-likeness (QED) is 0.433. The van der Waals surface area contributed by atoms with Crippen LogP contribution in [0.3, 0.4) is 0 Å². The van der Waals surface area contributed by atoms with E-state index in [0.29, 0.717) is 16.4 Å². The van der Waals surface area contributed by atoms with Crippen molar-refractivity contribution in [1.82, 2.24) is 15.1 Å². The van der Waals surface area contributed by atoms with E-state index >= 15 is 0 Å². The lowest BCUT2D eigenvalue weighted by Gasteiger charge is -2.16. The predicted molar refractivity (Wildman–Crippen MR) is 120 cm³/mol. The van der Waals surface area contributed by atoms with E-state index in [1.807, 2.05) is 18.2 Å². The van der Waals surface area contributed by atoms with Gasteiger partial charge >= 0.3 is 0 Å². The highest BCUT2D eigenvalue weighted by atomic mass is 32.2. The van der Waals surface area contributed by atoms with Crippen LogP contribution >= 0.6 is 23.1 Å². The minimum absolute atomic E-state index is 0.117. The first-order chi connectivity index (χ1) is 14.5. The summed E-state index contributed by atoms with van der Waals surface area (Å²) in [6.07, 6.45) is 0.157. The largest absolute Gasteiger partial charge is 0.308 e. The van der Waals surface area contributed by atoms with Crippen LogP contribution in [-0.2, 0) is 10.5 Å². The zero-order valence-corrected chi connectivity index (χ0v) is 18.1. The summed E-state index contributed by atoms with van der Waals surface area (Å²) in [6, 6.07) is 15.7. The van der Waals surface area contributed by atoms with Gasteiger partial charge in [0, 0.05) is 35.5 Å². The van der Waals surface area contributed by atoms with Gasteiger partial charge in [-0.2, -0.15) is 0 Å². The molecule has 0 spiro atoms. The van der Waals surface area contributed by atoms with Crippen LogP contribution in [0.4, 0.5) is 5.13 Å². The maximum absolute atomic E-state index is 12.5. The molecule has 2 aromatic carbocycles. The summed E-state index contributed by atoms with van der Waals surface area (Å²) >= 11 is 2.93. The summed E-state index contributed by atoms with van der Waals surface area (Å²) in [5.41, 5.74) is 4.52. The Balaban J connectivity index is 1.27. The van der Waals surface area contributed by atoms with Gasteiger partial charge in [0.2, 0.25) is 11.0 Å². The molecule has 6 nitrogen and oxygen atoms in total. The second kappa shape index (κ2) is 8.81. The van der Waals surface area contributed by atoms with Gasteiger partial charge in [0.05, 0.1) is 0 Å². The molecule has 2 amide bonds. The molecule has 3 aromatic rings. The van der Waals surface area contributed by atoms with Gasteiger partial charge in [-0.1, -0.05) is 77.7 Å². The third-order valence-corrected chi connectivity index (χ3v) is 6.78. The molecule has 152 valence electrons. The highest BCUT2D eigenvalue weighted by molar-refractivity contribution is 8.00. The van der Waals surface area contributed by atoms with Gasteiger partial charge in [-0.05, 0) is 18.6 Å². The Morgan fingerprint density at radius 3 is 2.60 bits per heavy atom. The number of hydrogen-bond acceptors (Lipinski definition) is 6. The van der Waals surface area contributed by atoms with E-state index in [-0.39, 0.29) is 24.8 Å².